The number of carbonyl (C=O) groups is 1. The number of nitrogens with zero attached hydrogens (tertiary/aromatic N) is 1. The molecular formula is C22H39NO4. The number of aliphatic hydroxyl groups excluding tert-OH is 1. The number of hydrogen-bond acceptors (Lipinski definition) is 4. The van der Waals surface area contributed by atoms with Gasteiger partial charge in [-0.1, -0.05) is 40.0 Å². The van der Waals surface area contributed by atoms with Crippen LogP contribution in [0.1, 0.15) is 72.6 Å². The van der Waals surface area contributed by atoms with Crippen LogP contribution in [-0.4, -0.2) is 48.5 Å². The van der Waals surface area contributed by atoms with Gasteiger partial charge in [0.25, 0.3) is 5.91 Å². The van der Waals surface area contributed by atoms with Crippen LogP contribution in [0.2, 0.25) is 0 Å². The zero-order chi connectivity index (χ0) is 20.0. The third kappa shape index (κ3) is 5.71. The number of amides is 1. The van der Waals surface area contributed by atoms with Crippen molar-refractivity contribution in [3.8, 4) is 0 Å². The van der Waals surface area contributed by atoms with Crippen molar-refractivity contribution in [1.29, 1.82) is 0 Å². The maximum Gasteiger partial charge on any atom is 0.288 e. The smallest absolute Gasteiger partial charge is 0.288 e. The summed E-state index contributed by atoms with van der Waals surface area (Å²) in [4.78, 5) is 15.1. The maximum absolute atomic E-state index is 13.2. The Morgan fingerprint density at radius 1 is 1.30 bits per heavy atom. The molecule has 0 aromatic rings. The average molecular weight is 382 g/mol. The first kappa shape index (κ1) is 22.2. The molecule has 1 amide bonds. The molecule has 5 heteroatoms. The second kappa shape index (κ2) is 9.92. The summed E-state index contributed by atoms with van der Waals surface area (Å²) >= 11 is 0. The standard InChI is InChI=1S/C22H39NO4/c1-6-26-21-17(13-10-14-24)18(22(2,3)4)15-19(27-21)20(25)23(5)16-11-8-7-9-12-16/h15-18,21,24H,6-14H2,1-5H3/t17-,18-,21+/m1/s1. The molecule has 0 spiro atoms. The number of hydrogen-bond donors (Lipinski definition) is 1. The molecule has 27 heavy (non-hydrogen) atoms. The Kier molecular flexibility index (Phi) is 8.17. The van der Waals surface area contributed by atoms with Crippen molar-refractivity contribution in [1.82, 2.24) is 4.90 Å². The first-order valence-electron chi connectivity index (χ1n) is 10.7. The van der Waals surface area contributed by atoms with Crippen LogP contribution < -0.4 is 0 Å². The lowest BCUT2D eigenvalue weighted by atomic mass is 9.70. The number of likely N-dealkylation sites (N-methyl/N-ethyl adjacent to an activating group) is 1. The molecule has 0 unspecified atom stereocenters. The zero-order valence-electron chi connectivity index (χ0n) is 17.9. The van der Waals surface area contributed by atoms with Crippen molar-refractivity contribution in [2.75, 3.05) is 20.3 Å². The van der Waals surface area contributed by atoms with Crippen LogP contribution in [-0.2, 0) is 14.3 Å². The van der Waals surface area contributed by atoms with Crippen molar-refractivity contribution >= 4 is 5.91 Å². The summed E-state index contributed by atoms with van der Waals surface area (Å²) in [5, 5.41) is 9.30. The van der Waals surface area contributed by atoms with Gasteiger partial charge in [0.15, 0.2) is 5.76 Å². The number of aliphatic hydroxyl groups is 1. The first-order valence-corrected chi connectivity index (χ1v) is 10.7. The van der Waals surface area contributed by atoms with Crippen LogP contribution in [0.25, 0.3) is 0 Å². The number of ether oxygens (including phenoxy) is 2. The Morgan fingerprint density at radius 3 is 2.52 bits per heavy atom. The molecule has 2 rings (SSSR count). The minimum absolute atomic E-state index is 0.0196. The van der Waals surface area contributed by atoms with E-state index < -0.39 is 6.29 Å². The second-order valence-electron chi connectivity index (χ2n) is 9.10. The molecule has 0 saturated heterocycles. The molecule has 1 aliphatic heterocycles. The monoisotopic (exact) mass is 381 g/mol. The third-order valence-corrected chi connectivity index (χ3v) is 6.06. The Hall–Kier alpha value is -1.07. The summed E-state index contributed by atoms with van der Waals surface area (Å²) in [6.07, 6.45) is 8.92. The van der Waals surface area contributed by atoms with E-state index in [9.17, 15) is 9.90 Å². The van der Waals surface area contributed by atoms with Crippen LogP contribution in [0, 0.1) is 17.3 Å². The van der Waals surface area contributed by atoms with Crippen LogP contribution in [0.4, 0.5) is 0 Å². The quantitative estimate of drug-likeness (QED) is 0.721. The molecule has 2 aliphatic rings. The molecule has 1 fully saturated rings. The highest BCUT2D eigenvalue weighted by molar-refractivity contribution is 5.91. The van der Waals surface area contributed by atoms with E-state index in [0.717, 1.165) is 19.3 Å². The molecule has 3 atom stereocenters. The van der Waals surface area contributed by atoms with E-state index in [1.54, 1.807) is 0 Å². The summed E-state index contributed by atoms with van der Waals surface area (Å²) in [6, 6.07) is 0.307. The molecule has 156 valence electrons. The Morgan fingerprint density at radius 2 is 1.96 bits per heavy atom. The maximum atomic E-state index is 13.2. The highest BCUT2D eigenvalue weighted by Crippen LogP contribution is 2.43. The fourth-order valence-electron chi connectivity index (χ4n) is 4.49. The van der Waals surface area contributed by atoms with Crippen molar-refractivity contribution < 1.29 is 19.4 Å². The van der Waals surface area contributed by atoms with Gasteiger partial charge in [-0.3, -0.25) is 4.79 Å². The Bertz CT molecular complexity index is 505. The summed E-state index contributed by atoms with van der Waals surface area (Å²) in [5.41, 5.74) is -0.0196. The lowest BCUT2D eigenvalue weighted by molar-refractivity contribution is -0.182. The van der Waals surface area contributed by atoms with E-state index in [2.05, 4.69) is 20.8 Å². The lowest BCUT2D eigenvalue weighted by Crippen LogP contribution is -2.45. The fourth-order valence-corrected chi connectivity index (χ4v) is 4.49. The fraction of sp³-hybridized carbons (Fsp3) is 0.864. The van der Waals surface area contributed by atoms with Crippen LogP contribution in [0.3, 0.4) is 0 Å². The van der Waals surface area contributed by atoms with Gasteiger partial charge in [0.2, 0.25) is 6.29 Å². The minimum atomic E-state index is -0.436. The number of rotatable bonds is 7. The van der Waals surface area contributed by atoms with Crippen molar-refractivity contribution in [3.05, 3.63) is 11.8 Å². The number of allylic oxidation sites excluding steroid dienone is 1. The number of carbonyl (C=O) groups excluding carboxylic acids is 1. The predicted molar refractivity (Wildman–Crippen MR) is 107 cm³/mol. The van der Waals surface area contributed by atoms with E-state index in [4.69, 9.17) is 9.47 Å². The molecular weight excluding hydrogens is 342 g/mol. The van der Waals surface area contributed by atoms with Crippen LogP contribution in [0.15, 0.2) is 11.8 Å². The van der Waals surface area contributed by atoms with Gasteiger partial charge in [-0.2, -0.15) is 0 Å². The molecule has 0 radical (unpaired) electrons. The second-order valence-corrected chi connectivity index (χ2v) is 9.10. The average Bonchev–Trinajstić information content (AvgIpc) is 2.65. The topological polar surface area (TPSA) is 59.0 Å². The van der Waals surface area contributed by atoms with Gasteiger partial charge in [-0.15, -0.1) is 0 Å². The Labute approximate surface area is 165 Å². The predicted octanol–water partition coefficient (Wildman–Crippen LogP) is 4.11. The highest BCUT2D eigenvalue weighted by atomic mass is 16.7. The largest absolute Gasteiger partial charge is 0.459 e. The molecule has 1 N–H and O–H groups in total. The van der Waals surface area contributed by atoms with Gasteiger partial charge in [0.05, 0.1) is 0 Å². The molecule has 0 aromatic carbocycles. The van der Waals surface area contributed by atoms with Gasteiger partial charge >= 0.3 is 0 Å². The van der Waals surface area contributed by atoms with Crippen LogP contribution in [0.5, 0.6) is 0 Å². The van der Waals surface area contributed by atoms with Gasteiger partial charge in [-0.05, 0) is 50.0 Å². The molecule has 1 aliphatic carbocycles. The summed E-state index contributed by atoms with van der Waals surface area (Å²) in [5.74, 6) is 0.699. The van der Waals surface area contributed by atoms with E-state index >= 15 is 0 Å². The van der Waals surface area contributed by atoms with Crippen molar-refractivity contribution in [3.63, 3.8) is 0 Å². The van der Waals surface area contributed by atoms with E-state index in [0.29, 0.717) is 24.8 Å². The first-order chi connectivity index (χ1) is 12.8. The van der Waals surface area contributed by atoms with Gasteiger partial charge in [0, 0.05) is 32.2 Å². The van der Waals surface area contributed by atoms with Gasteiger partial charge in [-0.25, -0.2) is 0 Å². The van der Waals surface area contributed by atoms with E-state index in [1.165, 1.54) is 19.3 Å². The third-order valence-electron chi connectivity index (χ3n) is 6.06. The highest BCUT2D eigenvalue weighted by Gasteiger charge is 2.42. The van der Waals surface area contributed by atoms with Crippen molar-refractivity contribution in [2.45, 2.75) is 85.0 Å². The molecule has 1 heterocycles. The SMILES string of the molecule is CCO[C@H]1OC(C(=O)N(C)C2CCCCC2)=C[C@@H](C(C)(C)C)[C@H]1CCCO. The molecule has 1 saturated carbocycles. The van der Waals surface area contributed by atoms with Crippen LogP contribution >= 0.6 is 0 Å². The minimum Gasteiger partial charge on any atom is -0.459 e. The van der Waals surface area contributed by atoms with Crippen molar-refractivity contribution in [2.24, 2.45) is 17.3 Å². The normalized spacial score (nSPS) is 27.0. The van der Waals surface area contributed by atoms with E-state index in [1.807, 2.05) is 24.9 Å². The Balaban J connectivity index is 2.25. The van der Waals surface area contributed by atoms with Gasteiger partial charge < -0.3 is 19.5 Å². The lowest BCUT2D eigenvalue weighted by Gasteiger charge is -2.43. The summed E-state index contributed by atoms with van der Waals surface area (Å²) in [7, 11) is 1.90. The zero-order valence-corrected chi connectivity index (χ0v) is 17.9. The summed E-state index contributed by atoms with van der Waals surface area (Å²) in [6.45, 7) is 9.24. The molecule has 5 nitrogen and oxygen atoms in total. The molecule has 0 bridgehead atoms. The summed E-state index contributed by atoms with van der Waals surface area (Å²) < 4.78 is 12.0. The molecule has 0 aromatic heterocycles. The van der Waals surface area contributed by atoms with E-state index in [-0.39, 0.29) is 29.8 Å². The van der Waals surface area contributed by atoms with Gasteiger partial charge in [0.1, 0.15) is 0 Å².